The summed E-state index contributed by atoms with van der Waals surface area (Å²) in [7, 11) is 0. The molecule has 0 aliphatic carbocycles. The van der Waals surface area contributed by atoms with Gasteiger partial charge in [0.15, 0.2) is 11.5 Å². The summed E-state index contributed by atoms with van der Waals surface area (Å²) in [5.41, 5.74) is 4.29. The first-order chi connectivity index (χ1) is 15.1. The van der Waals surface area contributed by atoms with Crippen molar-refractivity contribution in [1.29, 1.82) is 5.26 Å². The van der Waals surface area contributed by atoms with Crippen molar-refractivity contribution in [2.75, 3.05) is 6.61 Å². The third kappa shape index (κ3) is 6.01. The van der Waals surface area contributed by atoms with Crippen LogP contribution in [0.25, 0.3) is 11.6 Å². The molecule has 3 aromatic rings. The molecule has 0 aromatic heterocycles. The van der Waals surface area contributed by atoms with E-state index in [1.807, 2.05) is 85.8 Å². The van der Waals surface area contributed by atoms with Gasteiger partial charge in [0.2, 0.25) is 0 Å². The van der Waals surface area contributed by atoms with Crippen molar-refractivity contribution in [3.8, 4) is 17.6 Å². The maximum Gasteiger partial charge on any atom is 0.165 e. The number of hydrogen-bond donors (Lipinski definition) is 0. The minimum Gasteiger partial charge on any atom is -0.490 e. The largest absolute Gasteiger partial charge is 0.490 e. The van der Waals surface area contributed by atoms with E-state index in [1.165, 1.54) is 0 Å². The average Bonchev–Trinajstić information content (AvgIpc) is 2.79. The van der Waals surface area contributed by atoms with E-state index in [0.717, 1.165) is 22.3 Å². The van der Waals surface area contributed by atoms with Gasteiger partial charge in [-0.2, -0.15) is 5.26 Å². The molecule has 0 unspecified atom stereocenters. The summed E-state index contributed by atoms with van der Waals surface area (Å²) >= 11 is 5.98. The van der Waals surface area contributed by atoms with Gasteiger partial charge in [0.1, 0.15) is 6.61 Å². The molecule has 0 aliphatic heterocycles. The molecule has 3 nitrogen and oxygen atoms in total. The molecule has 0 atom stereocenters. The highest BCUT2D eigenvalue weighted by Crippen LogP contribution is 2.36. The predicted octanol–water partition coefficient (Wildman–Crippen LogP) is 7.11. The Hall–Kier alpha value is -3.48. The fourth-order valence-corrected chi connectivity index (χ4v) is 3.33. The van der Waals surface area contributed by atoms with Crippen molar-refractivity contribution in [2.24, 2.45) is 0 Å². The van der Waals surface area contributed by atoms with Crippen LogP contribution in [-0.2, 0) is 13.0 Å². The Balaban J connectivity index is 1.99. The Bertz CT molecular complexity index is 1100. The second-order valence-electron chi connectivity index (χ2n) is 6.88. The zero-order valence-electron chi connectivity index (χ0n) is 17.5. The van der Waals surface area contributed by atoms with Gasteiger partial charge in [-0.1, -0.05) is 60.1 Å². The van der Waals surface area contributed by atoms with Gasteiger partial charge in [-0.05, 0) is 60.4 Å². The van der Waals surface area contributed by atoms with E-state index in [4.69, 9.17) is 21.1 Å². The second kappa shape index (κ2) is 11.1. The van der Waals surface area contributed by atoms with Crippen LogP contribution in [0.5, 0.6) is 11.5 Å². The molecule has 3 aromatic carbocycles. The first-order valence-corrected chi connectivity index (χ1v) is 10.5. The standard InChI is InChI=1S/C27H24ClNO2/c1-3-8-23-15-21(16-24(18-29)22-9-6-5-7-10-22)17-26(30-4-2)27(23)31-19-20-11-13-25(28)14-12-20/h3,5-7,9-17H,1,4,8,19H2,2H3/b24-16+. The van der Waals surface area contributed by atoms with Crippen molar-refractivity contribution >= 4 is 23.3 Å². The summed E-state index contributed by atoms with van der Waals surface area (Å²) in [6, 6.07) is 23.4. The molecule has 0 fully saturated rings. The van der Waals surface area contributed by atoms with Crippen LogP contribution in [0.1, 0.15) is 29.2 Å². The predicted molar refractivity (Wildman–Crippen MR) is 127 cm³/mol. The van der Waals surface area contributed by atoms with Crippen molar-refractivity contribution in [3.63, 3.8) is 0 Å². The van der Waals surface area contributed by atoms with Gasteiger partial charge >= 0.3 is 0 Å². The first kappa shape index (κ1) is 22.2. The van der Waals surface area contributed by atoms with Crippen LogP contribution < -0.4 is 9.47 Å². The average molecular weight is 430 g/mol. The lowest BCUT2D eigenvalue weighted by molar-refractivity contribution is 0.267. The molecule has 4 heteroatoms. The first-order valence-electron chi connectivity index (χ1n) is 10.1. The third-order valence-corrected chi connectivity index (χ3v) is 4.88. The number of nitriles is 1. The Morgan fingerprint density at radius 2 is 1.81 bits per heavy atom. The Kier molecular flexibility index (Phi) is 7.92. The zero-order chi connectivity index (χ0) is 22.1. The van der Waals surface area contributed by atoms with Gasteiger partial charge in [0.25, 0.3) is 0 Å². The number of hydrogen-bond acceptors (Lipinski definition) is 3. The molecule has 0 N–H and O–H groups in total. The topological polar surface area (TPSA) is 42.2 Å². The van der Waals surface area contributed by atoms with Crippen LogP contribution in [-0.4, -0.2) is 6.61 Å². The number of rotatable bonds is 9. The van der Waals surface area contributed by atoms with Crippen molar-refractivity contribution in [1.82, 2.24) is 0 Å². The molecule has 0 radical (unpaired) electrons. The molecule has 31 heavy (non-hydrogen) atoms. The number of halogens is 1. The lowest BCUT2D eigenvalue weighted by atomic mass is 10.0. The summed E-state index contributed by atoms with van der Waals surface area (Å²) < 4.78 is 12.1. The maximum absolute atomic E-state index is 9.67. The van der Waals surface area contributed by atoms with Gasteiger partial charge in [-0.25, -0.2) is 0 Å². The quantitative estimate of drug-likeness (QED) is 0.207. The number of allylic oxidation sites excluding steroid dienone is 2. The van der Waals surface area contributed by atoms with Gasteiger partial charge in [-0.3, -0.25) is 0 Å². The summed E-state index contributed by atoms with van der Waals surface area (Å²) in [4.78, 5) is 0. The highest BCUT2D eigenvalue weighted by Gasteiger charge is 2.14. The molecule has 0 heterocycles. The molecule has 3 rings (SSSR count). The normalized spacial score (nSPS) is 10.9. The van der Waals surface area contributed by atoms with Crippen molar-refractivity contribution < 1.29 is 9.47 Å². The van der Waals surface area contributed by atoms with Crippen LogP contribution in [0.4, 0.5) is 0 Å². The Labute approximate surface area is 188 Å². The maximum atomic E-state index is 9.67. The van der Waals surface area contributed by atoms with E-state index in [0.29, 0.717) is 41.7 Å². The van der Waals surface area contributed by atoms with Gasteiger partial charge < -0.3 is 9.47 Å². The Morgan fingerprint density at radius 3 is 2.45 bits per heavy atom. The fraction of sp³-hybridized carbons (Fsp3) is 0.148. The van der Waals surface area contributed by atoms with Crippen LogP contribution in [0.15, 0.2) is 79.4 Å². The second-order valence-corrected chi connectivity index (χ2v) is 7.32. The third-order valence-electron chi connectivity index (χ3n) is 4.63. The molecular weight excluding hydrogens is 406 g/mol. The molecule has 0 spiro atoms. The summed E-state index contributed by atoms with van der Waals surface area (Å²) in [5.74, 6) is 1.33. The van der Waals surface area contributed by atoms with E-state index in [1.54, 1.807) is 0 Å². The SMILES string of the molecule is C=CCc1cc(/C=C(\C#N)c2ccccc2)cc(OCC)c1OCc1ccc(Cl)cc1. The van der Waals surface area contributed by atoms with Crippen LogP contribution in [0, 0.1) is 11.3 Å². The minimum absolute atomic E-state index is 0.393. The monoisotopic (exact) mass is 429 g/mol. The van der Waals surface area contributed by atoms with E-state index in [-0.39, 0.29) is 0 Å². The van der Waals surface area contributed by atoms with Crippen molar-refractivity contribution in [3.05, 3.63) is 107 Å². The number of ether oxygens (including phenoxy) is 2. The molecule has 0 amide bonds. The highest BCUT2D eigenvalue weighted by atomic mass is 35.5. The van der Waals surface area contributed by atoms with Crippen LogP contribution in [0.2, 0.25) is 5.02 Å². The smallest absolute Gasteiger partial charge is 0.165 e. The van der Waals surface area contributed by atoms with Crippen molar-refractivity contribution in [2.45, 2.75) is 20.0 Å². The highest BCUT2D eigenvalue weighted by molar-refractivity contribution is 6.30. The molecule has 0 bridgehead atoms. The fourth-order valence-electron chi connectivity index (χ4n) is 3.20. The summed E-state index contributed by atoms with van der Waals surface area (Å²) in [6.45, 7) is 6.70. The van der Waals surface area contributed by atoms with E-state index in [2.05, 4.69) is 12.6 Å². The molecule has 0 saturated carbocycles. The summed E-state index contributed by atoms with van der Waals surface area (Å²) in [6.07, 6.45) is 4.31. The molecule has 0 aliphatic rings. The van der Waals surface area contributed by atoms with E-state index < -0.39 is 0 Å². The lowest BCUT2D eigenvalue weighted by Gasteiger charge is -2.17. The summed E-state index contributed by atoms with van der Waals surface area (Å²) in [5, 5.41) is 10.4. The minimum atomic E-state index is 0.393. The number of nitrogens with zero attached hydrogens (tertiary/aromatic N) is 1. The van der Waals surface area contributed by atoms with E-state index >= 15 is 0 Å². The van der Waals surface area contributed by atoms with Crippen LogP contribution in [0.3, 0.4) is 0 Å². The lowest BCUT2D eigenvalue weighted by Crippen LogP contribution is -2.03. The van der Waals surface area contributed by atoms with Crippen LogP contribution >= 0.6 is 11.6 Å². The molecule has 0 saturated heterocycles. The number of benzene rings is 3. The molecule has 156 valence electrons. The Morgan fingerprint density at radius 1 is 1.06 bits per heavy atom. The zero-order valence-corrected chi connectivity index (χ0v) is 18.2. The van der Waals surface area contributed by atoms with Gasteiger partial charge in [0, 0.05) is 10.6 Å². The molecular formula is C27H24ClNO2. The van der Waals surface area contributed by atoms with Gasteiger partial charge in [0.05, 0.1) is 18.2 Å². The van der Waals surface area contributed by atoms with E-state index in [9.17, 15) is 5.26 Å². The van der Waals surface area contributed by atoms with Gasteiger partial charge in [-0.15, -0.1) is 6.58 Å².